The first kappa shape index (κ1) is 13.3. The van der Waals surface area contributed by atoms with Gasteiger partial charge in [-0.2, -0.15) is 8.78 Å². The predicted molar refractivity (Wildman–Crippen MR) is 49.0 cm³/mol. The monoisotopic (exact) mass is 243 g/mol. The third-order valence-corrected chi connectivity index (χ3v) is 3.21. The minimum absolute atomic E-state index is 0. The number of halogens is 3. The number of hydrogen-bond donors (Lipinski definition) is 1. The Labute approximate surface area is 87.9 Å². The van der Waals surface area contributed by atoms with E-state index in [2.05, 4.69) is 0 Å². The number of quaternary nitrogens is 1. The highest BCUT2D eigenvalue weighted by Gasteiger charge is 2.37. The van der Waals surface area contributed by atoms with Gasteiger partial charge < -0.3 is 16.1 Å². The average Bonchev–Trinajstić information content (AvgIpc) is 2.33. The lowest BCUT2D eigenvalue weighted by molar-refractivity contribution is -0.330. The predicted octanol–water partition coefficient (Wildman–Crippen LogP) is 1.93. The number of thiophene rings is 1. The van der Waals surface area contributed by atoms with Crippen LogP contribution >= 0.6 is 22.9 Å². The normalized spacial score (nSPS) is 10.9. The molecule has 0 aliphatic rings. The van der Waals surface area contributed by atoms with Gasteiger partial charge in [0.05, 0.1) is 9.90 Å². The molecule has 0 saturated heterocycles. The third kappa shape index (κ3) is 2.02. The van der Waals surface area contributed by atoms with E-state index in [9.17, 15) is 18.7 Å². The molecule has 3 nitrogen and oxygen atoms in total. The molecule has 0 saturated carbocycles. The average molecular weight is 244 g/mol. The van der Waals surface area contributed by atoms with Crippen molar-refractivity contribution in [2.45, 2.75) is 12.8 Å². The molecule has 0 unspecified atom stereocenters. The Morgan fingerprint density at radius 3 is 2.43 bits per heavy atom. The Kier molecular flexibility index (Phi) is 3.99. The number of alkyl halides is 2. The van der Waals surface area contributed by atoms with Crippen LogP contribution in [-0.2, 0) is 10.7 Å². The molecule has 1 aromatic heterocycles. The maximum atomic E-state index is 12.8. The molecule has 0 fully saturated rings. The van der Waals surface area contributed by atoms with Gasteiger partial charge in [-0.3, -0.25) is 0 Å². The van der Waals surface area contributed by atoms with Crippen molar-refractivity contribution in [3.05, 3.63) is 20.8 Å². The highest BCUT2D eigenvalue weighted by atomic mass is 35.5. The number of carbonyl (C=O) groups excluding carboxylic acids is 1. The first-order chi connectivity index (χ1) is 5.87. The Bertz CT molecular complexity index is 353. The smallest absolute Gasteiger partial charge is 0.322 e. The van der Waals surface area contributed by atoms with Gasteiger partial charge in [-0.15, -0.1) is 11.3 Å². The van der Waals surface area contributed by atoms with Gasteiger partial charge in [0.15, 0.2) is 0 Å². The molecule has 1 rings (SSSR count). The molecule has 0 amide bonds. The van der Waals surface area contributed by atoms with E-state index in [1.165, 1.54) is 12.3 Å². The van der Waals surface area contributed by atoms with E-state index in [0.717, 1.165) is 0 Å². The zero-order valence-corrected chi connectivity index (χ0v) is 9.01. The molecule has 0 aliphatic carbocycles. The molecule has 80 valence electrons. The second-order valence-electron chi connectivity index (χ2n) is 2.42. The van der Waals surface area contributed by atoms with Crippen LogP contribution in [0.4, 0.5) is 8.78 Å². The molecule has 0 radical (unpaired) electrons. The van der Waals surface area contributed by atoms with Crippen LogP contribution in [0.5, 0.6) is 0 Å². The van der Waals surface area contributed by atoms with Crippen LogP contribution in [0.2, 0.25) is 5.02 Å². The summed E-state index contributed by atoms with van der Waals surface area (Å²) in [6.07, 6.45) is 0. The fourth-order valence-electron chi connectivity index (χ4n) is 0.734. The number of hydrogen-bond acceptors (Lipinski definition) is 3. The fourth-order valence-corrected chi connectivity index (χ4v) is 2.01. The zero-order chi connectivity index (χ0) is 10.2. The van der Waals surface area contributed by atoms with E-state index in [-0.39, 0.29) is 11.2 Å². The molecule has 0 bridgehead atoms. The van der Waals surface area contributed by atoms with Crippen molar-refractivity contribution in [3.8, 4) is 0 Å². The molecule has 0 aliphatic heterocycles. The van der Waals surface area contributed by atoms with Gasteiger partial charge in [0.2, 0.25) is 0 Å². The Balaban J connectivity index is 0.00000169. The summed E-state index contributed by atoms with van der Waals surface area (Å²) in [6, 6.07) is 0. The van der Waals surface area contributed by atoms with Crippen molar-refractivity contribution in [2.24, 2.45) is 0 Å². The van der Waals surface area contributed by atoms with Crippen molar-refractivity contribution in [2.75, 3.05) is 0 Å². The van der Waals surface area contributed by atoms with E-state index in [0.29, 0.717) is 16.9 Å². The number of aryl methyl sites for hydroxylation is 1. The zero-order valence-electron chi connectivity index (χ0n) is 7.44. The number of carbonyl (C=O) groups is 1. The Hall–Kier alpha value is -0.720. The SMILES string of the molecule is Cc1csc(C(F)(F)C(=O)[O-])c1Cl.[NH4+]. The minimum Gasteiger partial charge on any atom is -0.544 e. The topological polar surface area (TPSA) is 76.6 Å². The number of carboxylic acids is 1. The summed E-state index contributed by atoms with van der Waals surface area (Å²) in [7, 11) is 0. The van der Waals surface area contributed by atoms with Crippen molar-refractivity contribution >= 4 is 28.9 Å². The van der Waals surface area contributed by atoms with Gasteiger partial charge in [-0.25, -0.2) is 0 Å². The summed E-state index contributed by atoms with van der Waals surface area (Å²) < 4.78 is 25.6. The van der Waals surface area contributed by atoms with Crippen LogP contribution in [0.3, 0.4) is 0 Å². The number of rotatable bonds is 2. The highest BCUT2D eigenvalue weighted by Crippen LogP contribution is 2.39. The molecular weight excluding hydrogens is 236 g/mol. The van der Waals surface area contributed by atoms with Gasteiger partial charge in [0.25, 0.3) is 0 Å². The van der Waals surface area contributed by atoms with E-state index in [4.69, 9.17) is 11.6 Å². The Morgan fingerprint density at radius 1 is 1.64 bits per heavy atom. The molecule has 14 heavy (non-hydrogen) atoms. The lowest BCUT2D eigenvalue weighted by Crippen LogP contribution is -2.38. The molecular formula is C7H8ClF2NO2S. The largest absolute Gasteiger partial charge is 0.544 e. The van der Waals surface area contributed by atoms with E-state index in [1.54, 1.807) is 0 Å². The van der Waals surface area contributed by atoms with Gasteiger partial charge in [0, 0.05) is 0 Å². The maximum Gasteiger partial charge on any atom is 0.322 e. The summed E-state index contributed by atoms with van der Waals surface area (Å²) in [6.45, 7) is 1.52. The first-order valence-electron chi connectivity index (χ1n) is 3.20. The van der Waals surface area contributed by atoms with Crippen LogP contribution in [0.25, 0.3) is 0 Å². The molecule has 0 spiro atoms. The quantitative estimate of drug-likeness (QED) is 0.862. The van der Waals surface area contributed by atoms with Crippen molar-refractivity contribution < 1.29 is 18.7 Å². The molecule has 0 atom stereocenters. The van der Waals surface area contributed by atoms with Crippen molar-refractivity contribution in [3.63, 3.8) is 0 Å². The fraction of sp³-hybridized carbons (Fsp3) is 0.286. The van der Waals surface area contributed by atoms with Crippen LogP contribution in [0.15, 0.2) is 5.38 Å². The minimum atomic E-state index is -4.00. The molecule has 0 aromatic carbocycles. The molecule has 1 aromatic rings. The summed E-state index contributed by atoms with van der Waals surface area (Å²) in [5.74, 6) is -6.44. The third-order valence-electron chi connectivity index (χ3n) is 1.44. The Morgan fingerprint density at radius 2 is 2.14 bits per heavy atom. The van der Waals surface area contributed by atoms with Crippen LogP contribution in [-0.4, -0.2) is 5.97 Å². The molecule has 4 N–H and O–H groups in total. The van der Waals surface area contributed by atoms with E-state index in [1.807, 2.05) is 0 Å². The van der Waals surface area contributed by atoms with Crippen LogP contribution in [0.1, 0.15) is 10.4 Å². The molecule has 1 heterocycles. The number of aliphatic carboxylic acids is 1. The summed E-state index contributed by atoms with van der Waals surface area (Å²) in [5, 5.41) is 11.2. The second kappa shape index (κ2) is 4.20. The highest BCUT2D eigenvalue weighted by molar-refractivity contribution is 7.11. The van der Waals surface area contributed by atoms with Crippen LogP contribution in [0, 0.1) is 6.92 Å². The van der Waals surface area contributed by atoms with Crippen molar-refractivity contribution in [1.82, 2.24) is 6.15 Å². The number of carboxylic acid groups (broad SMARTS) is 1. The van der Waals surface area contributed by atoms with Gasteiger partial charge in [0.1, 0.15) is 5.97 Å². The molecule has 7 heteroatoms. The summed E-state index contributed by atoms with van der Waals surface area (Å²) in [4.78, 5) is 9.40. The van der Waals surface area contributed by atoms with Gasteiger partial charge >= 0.3 is 5.92 Å². The standard InChI is InChI=1S/C7H5ClF2O2S.H3N/c1-3-2-13-5(4(3)8)7(9,10)6(11)12;/h2H,1H3,(H,11,12);1H3. The maximum absolute atomic E-state index is 12.8. The summed E-state index contributed by atoms with van der Waals surface area (Å²) in [5.41, 5.74) is 0.433. The van der Waals surface area contributed by atoms with Crippen LogP contribution < -0.4 is 11.3 Å². The first-order valence-corrected chi connectivity index (χ1v) is 4.46. The lowest BCUT2D eigenvalue weighted by atomic mass is 10.2. The lowest BCUT2D eigenvalue weighted by Gasteiger charge is -2.15. The van der Waals surface area contributed by atoms with E-state index < -0.39 is 16.8 Å². The second-order valence-corrected chi connectivity index (χ2v) is 3.68. The van der Waals surface area contributed by atoms with Gasteiger partial charge in [-0.05, 0) is 17.9 Å². The van der Waals surface area contributed by atoms with E-state index >= 15 is 0 Å². The van der Waals surface area contributed by atoms with Crippen molar-refractivity contribution in [1.29, 1.82) is 0 Å². The summed E-state index contributed by atoms with van der Waals surface area (Å²) >= 11 is 6.09. The van der Waals surface area contributed by atoms with Gasteiger partial charge in [-0.1, -0.05) is 11.6 Å².